The van der Waals surface area contributed by atoms with Gasteiger partial charge in [-0.25, -0.2) is 9.59 Å². The topological polar surface area (TPSA) is 72.8 Å². The molecule has 0 radical (unpaired) electrons. The van der Waals surface area contributed by atoms with Gasteiger partial charge in [0.1, 0.15) is 0 Å². The zero-order chi connectivity index (χ0) is 12.4. The highest BCUT2D eigenvalue weighted by Crippen LogP contribution is 2.28. The predicted molar refractivity (Wildman–Crippen MR) is 57.8 cm³/mol. The van der Waals surface area contributed by atoms with E-state index in [0.29, 0.717) is 24.2 Å². The monoisotopic (exact) mass is 236 g/mol. The molecule has 1 atom stereocenters. The summed E-state index contributed by atoms with van der Waals surface area (Å²) < 4.78 is 9.79. The first kappa shape index (κ1) is 11.6. The Bertz CT molecular complexity index is 466. The van der Waals surface area contributed by atoms with Gasteiger partial charge in [0.05, 0.1) is 19.3 Å². The molecule has 1 aliphatic heterocycles. The zero-order valence-corrected chi connectivity index (χ0v) is 9.30. The van der Waals surface area contributed by atoms with Crippen LogP contribution in [0.25, 0.3) is 0 Å². The molecule has 0 saturated carbocycles. The highest BCUT2D eigenvalue weighted by atomic mass is 16.5. The SMILES string of the molecule is COC(=O)c1ccc2c(c1)CCOC2C(=O)O. The fraction of sp³-hybridized carbons (Fsp3) is 0.333. The third-order valence-electron chi connectivity index (χ3n) is 2.73. The van der Waals surface area contributed by atoms with Gasteiger partial charge >= 0.3 is 11.9 Å². The van der Waals surface area contributed by atoms with Crippen LogP contribution >= 0.6 is 0 Å². The highest BCUT2D eigenvalue weighted by molar-refractivity contribution is 5.90. The minimum Gasteiger partial charge on any atom is -0.479 e. The molecule has 90 valence electrons. The third-order valence-corrected chi connectivity index (χ3v) is 2.73. The number of benzene rings is 1. The van der Waals surface area contributed by atoms with E-state index in [4.69, 9.17) is 9.84 Å². The van der Waals surface area contributed by atoms with Crippen molar-refractivity contribution in [3.8, 4) is 0 Å². The van der Waals surface area contributed by atoms with Crippen molar-refractivity contribution in [3.63, 3.8) is 0 Å². The quantitative estimate of drug-likeness (QED) is 0.780. The van der Waals surface area contributed by atoms with Gasteiger partial charge in [0.15, 0.2) is 6.10 Å². The van der Waals surface area contributed by atoms with Crippen LogP contribution in [0.2, 0.25) is 0 Å². The fourth-order valence-corrected chi connectivity index (χ4v) is 1.90. The Morgan fingerprint density at radius 2 is 2.24 bits per heavy atom. The second kappa shape index (κ2) is 4.55. The molecule has 0 amide bonds. The molecule has 0 spiro atoms. The summed E-state index contributed by atoms with van der Waals surface area (Å²) in [5, 5.41) is 8.99. The van der Waals surface area contributed by atoms with Gasteiger partial charge in [-0.1, -0.05) is 6.07 Å². The minimum atomic E-state index is -1.02. The van der Waals surface area contributed by atoms with E-state index in [1.165, 1.54) is 7.11 Å². The molecule has 1 N–H and O–H groups in total. The van der Waals surface area contributed by atoms with Crippen LogP contribution < -0.4 is 0 Å². The molecular weight excluding hydrogens is 224 g/mol. The van der Waals surface area contributed by atoms with Crippen molar-refractivity contribution in [2.75, 3.05) is 13.7 Å². The number of hydrogen-bond donors (Lipinski definition) is 1. The number of carboxylic acids is 1. The van der Waals surface area contributed by atoms with Crippen LogP contribution in [-0.2, 0) is 20.7 Å². The maximum atomic E-state index is 11.3. The van der Waals surface area contributed by atoms with E-state index in [9.17, 15) is 9.59 Å². The first-order chi connectivity index (χ1) is 8.13. The van der Waals surface area contributed by atoms with Crippen molar-refractivity contribution >= 4 is 11.9 Å². The molecule has 0 aliphatic carbocycles. The summed E-state index contributed by atoms with van der Waals surface area (Å²) in [7, 11) is 1.31. The molecule has 1 unspecified atom stereocenters. The van der Waals surface area contributed by atoms with Crippen LogP contribution in [0.5, 0.6) is 0 Å². The number of hydrogen-bond acceptors (Lipinski definition) is 4. The van der Waals surface area contributed by atoms with Crippen LogP contribution in [0.3, 0.4) is 0 Å². The number of methoxy groups -OCH3 is 1. The summed E-state index contributed by atoms with van der Waals surface area (Å²) in [4.78, 5) is 22.3. The standard InChI is InChI=1S/C12H12O5/c1-16-12(15)8-2-3-9-7(6-8)4-5-17-10(9)11(13)14/h2-3,6,10H,4-5H2,1H3,(H,13,14). The van der Waals surface area contributed by atoms with Crippen LogP contribution in [0.1, 0.15) is 27.6 Å². The molecule has 5 nitrogen and oxygen atoms in total. The maximum Gasteiger partial charge on any atom is 0.337 e. The van der Waals surface area contributed by atoms with Gasteiger partial charge in [-0.3, -0.25) is 0 Å². The molecule has 17 heavy (non-hydrogen) atoms. The predicted octanol–water partition coefficient (Wildman–Crippen LogP) is 1.17. The Morgan fingerprint density at radius 1 is 1.47 bits per heavy atom. The number of carbonyl (C=O) groups is 2. The summed E-state index contributed by atoms with van der Waals surface area (Å²) in [6, 6.07) is 4.83. The van der Waals surface area contributed by atoms with Gasteiger partial charge in [-0.15, -0.1) is 0 Å². The lowest BCUT2D eigenvalue weighted by Crippen LogP contribution is -2.23. The molecule has 1 aromatic carbocycles. The Labute approximate surface area is 98.0 Å². The Kier molecular flexibility index (Phi) is 3.10. The average Bonchev–Trinajstić information content (AvgIpc) is 2.36. The molecule has 1 heterocycles. The van der Waals surface area contributed by atoms with Crippen LogP contribution in [0.4, 0.5) is 0 Å². The molecule has 2 rings (SSSR count). The number of fused-ring (bicyclic) bond motifs is 1. The summed E-state index contributed by atoms with van der Waals surface area (Å²) >= 11 is 0. The fourth-order valence-electron chi connectivity index (χ4n) is 1.90. The maximum absolute atomic E-state index is 11.3. The number of esters is 1. The van der Waals surface area contributed by atoms with Crippen LogP contribution in [0.15, 0.2) is 18.2 Å². The van der Waals surface area contributed by atoms with Crippen LogP contribution in [-0.4, -0.2) is 30.8 Å². The normalized spacial score (nSPS) is 18.3. The van der Waals surface area contributed by atoms with E-state index in [2.05, 4.69) is 4.74 Å². The molecular formula is C12H12O5. The molecule has 0 fully saturated rings. The van der Waals surface area contributed by atoms with E-state index in [-0.39, 0.29) is 0 Å². The zero-order valence-electron chi connectivity index (χ0n) is 9.30. The van der Waals surface area contributed by atoms with Crippen molar-refractivity contribution in [2.45, 2.75) is 12.5 Å². The highest BCUT2D eigenvalue weighted by Gasteiger charge is 2.27. The lowest BCUT2D eigenvalue weighted by atomic mass is 9.95. The van der Waals surface area contributed by atoms with Crippen molar-refractivity contribution in [2.24, 2.45) is 0 Å². The molecule has 1 aromatic rings. The lowest BCUT2D eigenvalue weighted by molar-refractivity contribution is -0.151. The van der Waals surface area contributed by atoms with Gasteiger partial charge in [-0.05, 0) is 29.7 Å². The summed E-state index contributed by atoms with van der Waals surface area (Å²) in [6.07, 6.45) is -0.338. The van der Waals surface area contributed by atoms with Crippen LogP contribution in [0, 0.1) is 0 Å². The Hall–Kier alpha value is -1.88. The molecule has 1 aliphatic rings. The third kappa shape index (κ3) is 2.14. The molecule has 0 aromatic heterocycles. The Morgan fingerprint density at radius 3 is 2.88 bits per heavy atom. The van der Waals surface area contributed by atoms with Gasteiger partial charge in [0.2, 0.25) is 0 Å². The van der Waals surface area contributed by atoms with E-state index < -0.39 is 18.0 Å². The Balaban J connectivity index is 2.39. The van der Waals surface area contributed by atoms with E-state index in [1.54, 1.807) is 18.2 Å². The minimum absolute atomic E-state index is 0.342. The van der Waals surface area contributed by atoms with Gasteiger partial charge in [-0.2, -0.15) is 0 Å². The van der Waals surface area contributed by atoms with Crippen molar-refractivity contribution < 1.29 is 24.2 Å². The van der Waals surface area contributed by atoms with E-state index in [1.807, 2.05) is 0 Å². The first-order valence-electron chi connectivity index (χ1n) is 5.19. The number of ether oxygens (including phenoxy) is 2. The summed E-state index contributed by atoms with van der Waals surface area (Å²) in [5.74, 6) is -1.44. The van der Waals surface area contributed by atoms with Gasteiger partial charge < -0.3 is 14.6 Å². The van der Waals surface area contributed by atoms with Crippen molar-refractivity contribution in [1.29, 1.82) is 0 Å². The molecule has 0 bridgehead atoms. The van der Waals surface area contributed by atoms with Gasteiger partial charge in [0, 0.05) is 0 Å². The van der Waals surface area contributed by atoms with E-state index >= 15 is 0 Å². The smallest absolute Gasteiger partial charge is 0.337 e. The van der Waals surface area contributed by atoms with Crippen molar-refractivity contribution in [3.05, 3.63) is 34.9 Å². The first-order valence-corrected chi connectivity index (χ1v) is 5.19. The lowest BCUT2D eigenvalue weighted by Gasteiger charge is -2.23. The second-order valence-corrected chi connectivity index (χ2v) is 3.74. The molecule has 5 heteroatoms. The number of aliphatic carboxylic acids is 1. The number of carbonyl (C=O) groups excluding carboxylic acids is 1. The summed E-state index contributed by atoms with van der Waals surface area (Å²) in [6.45, 7) is 0.342. The van der Waals surface area contributed by atoms with Gasteiger partial charge in [0.25, 0.3) is 0 Å². The largest absolute Gasteiger partial charge is 0.479 e. The van der Waals surface area contributed by atoms with E-state index in [0.717, 1.165) is 5.56 Å². The average molecular weight is 236 g/mol. The van der Waals surface area contributed by atoms with Crippen molar-refractivity contribution in [1.82, 2.24) is 0 Å². The number of rotatable bonds is 2. The summed E-state index contributed by atoms with van der Waals surface area (Å²) in [5.41, 5.74) is 1.86. The number of carboxylic acid groups (broad SMARTS) is 1. The second-order valence-electron chi connectivity index (χ2n) is 3.74. The molecule has 0 saturated heterocycles.